The highest BCUT2D eigenvalue weighted by Gasteiger charge is 2.10. The molecule has 2 N–H and O–H groups in total. The Bertz CT molecular complexity index is 799. The van der Waals surface area contributed by atoms with E-state index in [9.17, 15) is 0 Å². The predicted molar refractivity (Wildman–Crippen MR) is 119 cm³/mol. The molecular weight excluding hydrogens is 364 g/mol. The van der Waals surface area contributed by atoms with Gasteiger partial charge in [-0.2, -0.15) is 0 Å². The summed E-state index contributed by atoms with van der Waals surface area (Å²) in [6.45, 7) is 9.74. The number of aliphatic imine (C=N–C) groups is 1. The van der Waals surface area contributed by atoms with Crippen molar-refractivity contribution in [3.05, 3.63) is 59.2 Å². The number of ether oxygens (including phenoxy) is 2. The van der Waals surface area contributed by atoms with Crippen LogP contribution in [0, 0.1) is 6.92 Å². The van der Waals surface area contributed by atoms with Gasteiger partial charge in [0.05, 0.1) is 26.9 Å². The Hall–Kier alpha value is -2.73. The van der Waals surface area contributed by atoms with Crippen LogP contribution < -0.4 is 20.3 Å². The van der Waals surface area contributed by atoms with Crippen molar-refractivity contribution in [2.75, 3.05) is 44.9 Å². The molecule has 0 bridgehead atoms. The Morgan fingerprint density at radius 2 is 1.86 bits per heavy atom. The zero-order valence-electron chi connectivity index (χ0n) is 17.7. The average molecular weight is 397 g/mol. The molecule has 1 aliphatic rings. The zero-order chi connectivity index (χ0) is 20.5. The number of hydrogen-bond acceptors (Lipinski definition) is 4. The minimum Gasteiger partial charge on any atom is -0.496 e. The fraction of sp³-hybridized carbons (Fsp3) is 0.435. The number of anilines is 1. The topological polar surface area (TPSA) is 58.1 Å². The smallest absolute Gasteiger partial charge is 0.191 e. The van der Waals surface area contributed by atoms with E-state index < -0.39 is 0 Å². The van der Waals surface area contributed by atoms with E-state index in [0.29, 0.717) is 13.1 Å². The Balaban J connectivity index is 1.60. The van der Waals surface area contributed by atoms with Gasteiger partial charge in [-0.15, -0.1) is 0 Å². The lowest BCUT2D eigenvalue weighted by Crippen LogP contribution is -2.36. The zero-order valence-corrected chi connectivity index (χ0v) is 17.7. The van der Waals surface area contributed by atoms with E-state index in [1.54, 1.807) is 7.11 Å². The first-order valence-electron chi connectivity index (χ1n) is 10.3. The maximum atomic E-state index is 5.50. The van der Waals surface area contributed by atoms with Gasteiger partial charge >= 0.3 is 0 Å². The number of nitrogens with zero attached hydrogens (tertiary/aromatic N) is 2. The summed E-state index contributed by atoms with van der Waals surface area (Å²) < 4.78 is 10.9. The van der Waals surface area contributed by atoms with Gasteiger partial charge in [-0.25, -0.2) is 4.99 Å². The molecule has 2 aromatic rings. The molecule has 3 rings (SSSR count). The van der Waals surface area contributed by atoms with Crippen LogP contribution >= 0.6 is 0 Å². The number of morpholine rings is 1. The number of aryl methyl sites for hydroxylation is 1. The lowest BCUT2D eigenvalue weighted by atomic mass is 10.1. The van der Waals surface area contributed by atoms with Crippen molar-refractivity contribution in [3.63, 3.8) is 0 Å². The van der Waals surface area contributed by atoms with Crippen LogP contribution in [0.25, 0.3) is 0 Å². The molecule has 1 fully saturated rings. The minimum atomic E-state index is 0.629. The van der Waals surface area contributed by atoms with E-state index in [0.717, 1.165) is 50.1 Å². The first-order chi connectivity index (χ1) is 14.2. The van der Waals surface area contributed by atoms with Crippen LogP contribution in [-0.2, 0) is 17.8 Å². The van der Waals surface area contributed by atoms with Gasteiger partial charge in [0.25, 0.3) is 0 Å². The molecule has 0 atom stereocenters. The van der Waals surface area contributed by atoms with E-state index in [4.69, 9.17) is 14.5 Å². The van der Waals surface area contributed by atoms with Crippen molar-refractivity contribution < 1.29 is 9.47 Å². The third kappa shape index (κ3) is 6.12. The normalized spacial score (nSPS) is 14.6. The van der Waals surface area contributed by atoms with Crippen LogP contribution in [0.15, 0.2) is 47.5 Å². The Kier molecular flexibility index (Phi) is 7.76. The second kappa shape index (κ2) is 10.7. The second-order valence-corrected chi connectivity index (χ2v) is 7.13. The first-order valence-corrected chi connectivity index (χ1v) is 10.3. The molecule has 0 aromatic heterocycles. The summed E-state index contributed by atoms with van der Waals surface area (Å²) >= 11 is 0. The highest BCUT2D eigenvalue weighted by Crippen LogP contribution is 2.20. The largest absolute Gasteiger partial charge is 0.496 e. The van der Waals surface area contributed by atoms with Crippen molar-refractivity contribution in [2.24, 2.45) is 4.99 Å². The highest BCUT2D eigenvalue weighted by atomic mass is 16.5. The Morgan fingerprint density at radius 3 is 2.55 bits per heavy atom. The molecule has 1 saturated heterocycles. The molecule has 1 heterocycles. The maximum Gasteiger partial charge on any atom is 0.191 e. The molecule has 156 valence electrons. The van der Waals surface area contributed by atoms with Crippen LogP contribution in [0.4, 0.5) is 5.69 Å². The molecule has 6 nitrogen and oxygen atoms in total. The van der Waals surface area contributed by atoms with E-state index in [-0.39, 0.29) is 0 Å². The monoisotopic (exact) mass is 396 g/mol. The quantitative estimate of drug-likeness (QED) is 0.556. The van der Waals surface area contributed by atoms with Crippen LogP contribution in [0.1, 0.15) is 23.6 Å². The minimum absolute atomic E-state index is 0.629. The number of rotatable bonds is 7. The van der Waals surface area contributed by atoms with Crippen LogP contribution in [0.5, 0.6) is 5.75 Å². The Morgan fingerprint density at radius 1 is 1.10 bits per heavy atom. The van der Waals surface area contributed by atoms with Gasteiger partial charge in [0, 0.05) is 37.4 Å². The van der Waals surface area contributed by atoms with Crippen molar-refractivity contribution in [2.45, 2.75) is 26.9 Å². The summed E-state index contributed by atoms with van der Waals surface area (Å²) in [7, 11) is 1.71. The summed E-state index contributed by atoms with van der Waals surface area (Å²) in [6.07, 6.45) is 0. The van der Waals surface area contributed by atoms with Gasteiger partial charge in [-0.1, -0.05) is 24.3 Å². The van der Waals surface area contributed by atoms with E-state index in [2.05, 4.69) is 71.8 Å². The molecule has 2 aromatic carbocycles. The molecule has 0 radical (unpaired) electrons. The second-order valence-electron chi connectivity index (χ2n) is 7.13. The molecule has 0 spiro atoms. The summed E-state index contributed by atoms with van der Waals surface area (Å²) in [5, 5.41) is 6.71. The molecule has 0 aliphatic carbocycles. The van der Waals surface area contributed by atoms with Crippen LogP contribution in [0.2, 0.25) is 0 Å². The van der Waals surface area contributed by atoms with Crippen molar-refractivity contribution in [1.82, 2.24) is 10.6 Å². The van der Waals surface area contributed by atoms with Gasteiger partial charge in [-0.3, -0.25) is 0 Å². The van der Waals surface area contributed by atoms with Gasteiger partial charge in [0.2, 0.25) is 0 Å². The predicted octanol–water partition coefficient (Wildman–Crippen LogP) is 3.10. The van der Waals surface area contributed by atoms with Gasteiger partial charge in [0.15, 0.2) is 5.96 Å². The fourth-order valence-corrected chi connectivity index (χ4v) is 3.32. The summed E-state index contributed by atoms with van der Waals surface area (Å²) in [6, 6.07) is 14.9. The fourth-order valence-electron chi connectivity index (χ4n) is 3.32. The summed E-state index contributed by atoms with van der Waals surface area (Å²) in [4.78, 5) is 7.09. The van der Waals surface area contributed by atoms with E-state index in [1.165, 1.54) is 16.8 Å². The number of guanidine groups is 1. The maximum absolute atomic E-state index is 5.50. The number of benzene rings is 2. The molecule has 0 unspecified atom stereocenters. The lowest BCUT2D eigenvalue weighted by molar-refractivity contribution is 0.122. The number of methoxy groups -OCH3 is 1. The standard InChI is InChI=1S/C23H32N4O2/c1-4-24-23(26-17-20-8-5-18(2)15-22(20)28-3)25-16-19-6-9-21(10-7-19)27-11-13-29-14-12-27/h5-10,15H,4,11-14,16-17H2,1-3H3,(H2,24,25,26). The number of hydrogen-bond donors (Lipinski definition) is 2. The molecule has 0 amide bonds. The van der Waals surface area contributed by atoms with E-state index >= 15 is 0 Å². The Labute approximate surface area is 173 Å². The van der Waals surface area contributed by atoms with E-state index in [1.807, 2.05) is 0 Å². The van der Waals surface area contributed by atoms with Gasteiger partial charge in [-0.05, 0) is 43.2 Å². The first kappa shape index (κ1) is 21.0. The van der Waals surface area contributed by atoms with Crippen molar-refractivity contribution >= 4 is 11.6 Å². The average Bonchev–Trinajstić information content (AvgIpc) is 2.77. The van der Waals surface area contributed by atoms with Crippen molar-refractivity contribution in [1.29, 1.82) is 0 Å². The number of nitrogens with one attached hydrogen (secondary N) is 2. The van der Waals surface area contributed by atoms with Crippen LogP contribution in [0.3, 0.4) is 0 Å². The molecule has 6 heteroatoms. The molecule has 29 heavy (non-hydrogen) atoms. The third-order valence-electron chi connectivity index (χ3n) is 4.97. The summed E-state index contributed by atoms with van der Waals surface area (Å²) in [5.74, 6) is 1.69. The SMILES string of the molecule is CCNC(=NCc1ccc(N2CCOCC2)cc1)NCc1ccc(C)cc1OC. The lowest BCUT2D eigenvalue weighted by Gasteiger charge is -2.28. The third-order valence-corrected chi connectivity index (χ3v) is 4.97. The highest BCUT2D eigenvalue weighted by molar-refractivity contribution is 5.79. The summed E-state index contributed by atoms with van der Waals surface area (Å²) in [5.41, 5.74) is 4.73. The molecule has 1 aliphatic heterocycles. The van der Waals surface area contributed by atoms with Gasteiger partial charge < -0.3 is 25.0 Å². The molecule has 0 saturated carbocycles. The van der Waals surface area contributed by atoms with Crippen LogP contribution in [-0.4, -0.2) is 45.9 Å². The van der Waals surface area contributed by atoms with Gasteiger partial charge in [0.1, 0.15) is 5.75 Å². The van der Waals surface area contributed by atoms with Crippen molar-refractivity contribution in [3.8, 4) is 5.75 Å². The molecular formula is C23H32N4O2.